The molecular weight excluding hydrogens is 335 g/mol. The van der Waals surface area contributed by atoms with Crippen molar-refractivity contribution in [3.8, 4) is 0 Å². The first kappa shape index (κ1) is 17.9. The van der Waals surface area contributed by atoms with E-state index in [0.29, 0.717) is 24.9 Å². The molecule has 3 N–H and O–H groups in total. The summed E-state index contributed by atoms with van der Waals surface area (Å²) in [7, 11) is 0. The van der Waals surface area contributed by atoms with Gasteiger partial charge in [0, 0.05) is 50.1 Å². The van der Waals surface area contributed by atoms with Crippen molar-refractivity contribution < 1.29 is 18.0 Å². The highest BCUT2D eigenvalue weighted by Crippen LogP contribution is 2.41. The number of anilines is 1. The van der Waals surface area contributed by atoms with Crippen LogP contribution in [0.2, 0.25) is 0 Å². The third-order valence-electron chi connectivity index (χ3n) is 4.78. The molecule has 6 nitrogen and oxygen atoms in total. The molecule has 1 saturated heterocycles. The third-order valence-corrected chi connectivity index (χ3v) is 4.78. The molecule has 1 aromatic rings. The van der Waals surface area contributed by atoms with Crippen molar-refractivity contribution in [2.75, 3.05) is 18.8 Å². The van der Waals surface area contributed by atoms with E-state index >= 15 is 0 Å². The lowest BCUT2D eigenvalue weighted by molar-refractivity contribution is -0.144. The van der Waals surface area contributed by atoms with E-state index in [2.05, 4.69) is 20.2 Å². The lowest BCUT2D eigenvalue weighted by Crippen LogP contribution is -2.41. The molecule has 2 unspecified atom stereocenters. The largest absolute Gasteiger partial charge is 0.389 e. The average molecular weight is 357 g/mol. The monoisotopic (exact) mass is 357 g/mol. The Morgan fingerprint density at radius 3 is 2.56 bits per heavy atom. The molecule has 2 aliphatic rings. The second-order valence-corrected chi connectivity index (χ2v) is 6.93. The highest BCUT2D eigenvalue weighted by Gasteiger charge is 2.43. The minimum absolute atomic E-state index is 0.0945. The summed E-state index contributed by atoms with van der Waals surface area (Å²) in [5, 5.41) is 2.82. The maximum absolute atomic E-state index is 12.3. The van der Waals surface area contributed by atoms with E-state index < -0.39 is 24.9 Å². The van der Waals surface area contributed by atoms with Crippen LogP contribution in [0, 0.1) is 11.8 Å². The summed E-state index contributed by atoms with van der Waals surface area (Å²) in [5.74, 6) is 0.548. The number of amides is 1. The van der Waals surface area contributed by atoms with Gasteiger partial charge in [-0.1, -0.05) is 0 Å². The molecule has 2 heterocycles. The first-order chi connectivity index (χ1) is 11.8. The van der Waals surface area contributed by atoms with Crippen LogP contribution in [0.15, 0.2) is 12.4 Å². The zero-order valence-corrected chi connectivity index (χ0v) is 13.8. The van der Waals surface area contributed by atoms with E-state index in [4.69, 9.17) is 5.73 Å². The van der Waals surface area contributed by atoms with Gasteiger partial charge in [0.15, 0.2) is 0 Å². The molecule has 9 heteroatoms. The second kappa shape index (κ2) is 7.15. The van der Waals surface area contributed by atoms with Crippen LogP contribution in [-0.2, 0) is 11.3 Å². The summed E-state index contributed by atoms with van der Waals surface area (Å²) in [6, 6.07) is -0.0945. The quantitative estimate of drug-likeness (QED) is 0.810. The Balaban J connectivity index is 1.55. The van der Waals surface area contributed by atoms with Crippen LogP contribution in [0.25, 0.3) is 0 Å². The number of carbonyl (C=O) groups excluding carboxylic acids is 1. The molecule has 2 atom stereocenters. The van der Waals surface area contributed by atoms with E-state index in [0.717, 1.165) is 24.9 Å². The molecule has 0 radical (unpaired) electrons. The van der Waals surface area contributed by atoms with E-state index in [-0.39, 0.29) is 12.0 Å². The van der Waals surface area contributed by atoms with Crippen LogP contribution in [-0.4, -0.2) is 46.1 Å². The summed E-state index contributed by atoms with van der Waals surface area (Å²) in [6.45, 7) is 2.08. The molecule has 1 aromatic heterocycles. The SMILES string of the molecule is Nc1ncc(CN2CC(NC(=O)CCC(F)(F)F)C(C3CC3)C2)cn1. The zero-order valence-electron chi connectivity index (χ0n) is 13.8. The van der Waals surface area contributed by atoms with Crippen molar-refractivity contribution in [1.82, 2.24) is 20.2 Å². The lowest BCUT2D eigenvalue weighted by Gasteiger charge is -2.19. The number of nitrogen functional groups attached to an aromatic ring is 1. The molecule has 1 amide bonds. The smallest absolute Gasteiger partial charge is 0.368 e. The first-order valence-corrected chi connectivity index (χ1v) is 8.45. The number of nitrogens with one attached hydrogen (secondary N) is 1. The third kappa shape index (κ3) is 5.29. The number of halogens is 3. The fourth-order valence-electron chi connectivity index (χ4n) is 3.44. The Hall–Kier alpha value is -1.90. The molecule has 3 rings (SSSR count). The number of alkyl halides is 3. The predicted molar refractivity (Wildman–Crippen MR) is 85.2 cm³/mol. The lowest BCUT2D eigenvalue weighted by atomic mass is 9.98. The number of nitrogens with zero attached hydrogens (tertiary/aromatic N) is 3. The van der Waals surface area contributed by atoms with Gasteiger partial charge in [-0.25, -0.2) is 9.97 Å². The van der Waals surface area contributed by atoms with Crippen molar-refractivity contribution in [2.24, 2.45) is 11.8 Å². The number of nitrogens with two attached hydrogens (primary N) is 1. The van der Waals surface area contributed by atoms with Gasteiger partial charge in [-0.2, -0.15) is 13.2 Å². The topological polar surface area (TPSA) is 84.1 Å². The molecule has 138 valence electrons. The fourth-order valence-corrected chi connectivity index (χ4v) is 3.44. The first-order valence-electron chi connectivity index (χ1n) is 8.45. The summed E-state index contributed by atoms with van der Waals surface area (Å²) in [5.41, 5.74) is 6.40. The van der Waals surface area contributed by atoms with Crippen molar-refractivity contribution >= 4 is 11.9 Å². The van der Waals surface area contributed by atoms with Crippen LogP contribution >= 0.6 is 0 Å². The van der Waals surface area contributed by atoms with Gasteiger partial charge >= 0.3 is 6.18 Å². The Labute approximate surface area is 144 Å². The normalized spacial score (nSPS) is 24.4. The van der Waals surface area contributed by atoms with Crippen LogP contribution in [0.4, 0.5) is 19.1 Å². The Bertz CT molecular complexity index is 603. The molecule has 1 aliphatic heterocycles. The van der Waals surface area contributed by atoms with Crippen molar-refractivity contribution in [3.05, 3.63) is 18.0 Å². The van der Waals surface area contributed by atoms with Crippen molar-refractivity contribution in [2.45, 2.75) is 44.4 Å². The van der Waals surface area contributed by atoms with Gasteiger partial charge in [0.05, 0.1) is 6.42 Å². The predicted octanol–water partition coefficient (Wildman–Crippen LogP) is 1.73. The number of likely N-dealkylation sites (tertiary alicyclic amines) is 1. The number of aromatic nitrogens is 2. The number of hydrogen-bond donors (Lipinski definition) is 2. The minimum Gasteiger partial charge on any atom is -0.368 e. The maximum atomic E-state index is 12.3. The molecule has 0 bridgehead atoms. The summed E-state index contributed by atoms with van der Waals surface area (Å²) >= 11 is 0. The van der Waals surface area contributed by atoms with Gasteiger partial charge in [0.1, 0.15) is 0 Å². The van der Waals surface area contributed by atoms with Gasteiger partial charge < -0.3 is 11.1 Å². The van der Waals surface area contributed by atoms with Crippen molar-refractivity contribution in [3.63, 3.8) is 0 Å². The van der Waals surface area contributed by atoms with Crippen LogP contribution in [0.3, 0.4) is 0 Å². The minimum atomic E-state index is -4.30. The Morgan fingerprint density at radius 1 is 1.28 bits per heavy atom. The van der Waals surface area contributed by atoms with Crippen molar-refractivity contribution in [1.29, 1.82) is 0 Å². The van der Waals surface area contributed by atoms with E-state index in [1.807, 2.05) is 0 Å². The molecular formula is C16H22F3N5O. The van der Waals surface area contributed by atoms with Gasteiger partial charge in [-0.15, -0.1) is 0 Å². The molecule has 2 fully saturated rings. The number of hydrogen-bond acceptors (Lipinski definition) is 5. The van der Waals surface area contributed by atoms with Crippen LogP contribution in [0.5, 0.6) is 0 Å². The van der Waals surface area contributed by atoms with E-state index in [1.165, 1.54) is 0 Å². The van der Waals surface area contributed by atoms with Gasteiger partial charge in [0.25, 0.3) is 0 Å². The van der Waals surface area contributed by atoms with Gasteiger partial charge in [0.2, 0.25) is 11.9 Å². The number of rotatable bonds is 6. The molecule has 1 aliphatic carbocycles. The van der Waals surface area contributed by atoms with Gasteiger partial charge in [-0.3, -0.25) is 9.69 Å². The summed E-state index contributed by atoms with van der Waals surface area (Å²) < 4.78 is 36.8. The van der Waals surface area contributed by atoms with Crippen LogP contribution < -0.4 is 11.1 Å². The second-order valence-electron chi connectivity index (χ2n) is 6.93. The summed E-state index contributed by atoms with van der Waals surface area (Å²) in [6.07, 6.45) is -0.302. The molecule has 25 heavy (non-hydrogen) atoms. The molecule has 0 spiro atoms. The Morgan fingerprint density at radius 2 is 1.96 bits per heavy atom. The molecule has 0 aromatic carbocycles. The van der Waals surface area contributed by atoms with E-state index in [9.17, 15) is 18.0 Å². The standard InChI is InChI=1S/C16H22F3N5O/c17-16(18,19)4-3-14(25)23-13-9-24(8-12(13)11-1-2-11)7-10-5-21-15(20)22-6-10/h5-6,11-13H,1-4,7-9H2,(H,23,25)(H2,20,21,22). The Kier molecular flexibility index (Phi) is 5.12. The number of carbonyl (C=O) groups is 1. The zero-order chi connectivity index (χ0) is 18.0. The highest BCUT2D eigenvalue weighted by atomic mass is 19.4. The fraction of sp³-hybridized carbons (Fsp3) is 0.688. The van der Waals surface area contributed by atoms with Gasteiger partial charge in [-0.05, 0) is 24.7 Å². The highest BCUT2D eigenvalue weighted by molar-refractivity contribution is 5.76. The maximum Gasteiger partial charge on any atom is 0.389 e. The average Bonchev–Trinajstić information content (AvgIpc) is 3.30. The van der Waals surface area contributed by atoms with Crippen LogP contribution in [0.1, 0.15) is 31.2 Å². The molecule has 1 saturated carbocycles. The van der Waals surface area contributed by atoms with E-state index in [1.54, 1.807) is 12.4 Å². The summed E-state index contributed by atoms with van der Waals surface area (Å²) in [4.78, 5) is 22.0.